The smallest absolute Gasteiger partial charge is 0.224 e. The van der Waals surface area contributed by atoms with Crippen LogP contribution in [0, 0.1) is 23.1 Å². The van der Waals surface area contributed by atoms with Crippen molar-refractivity contribution in [3.05, 3.63) is 29.6 Å². The second-order valence-electron chi connectivity index (χ2n) is 5.49. The van der Waals surface area contributed by atoms with Gasteiger partial charge in [-0.2, -0.15) is 0 Å². The molecular formula is C15H19FN2O. The molecular weight excluding hydrogens is 243 g/mol. The fourth-order valence-electron chi connectivity index (χ4n) is 1.52. The number of hydrogen-bond donors (Lipinski definition) is 2. The van der Waals surface area contributed by atoms with Gasteiger partial charge < -0.3 is 11.1 Å². The maximum absolute atomic E-state index is 13.8. The highest BCUT2D eigenvalue weighted by Crippen LogP contribution is 2.21. The first kappa shape index (κ1) is 15.2. The Labute approximate surface area is 113 Å². The van der Waals surface area contributed by atoms with Crippen LogP contribution in [-0.2, 0) is 4.79 Å². The van der Waals surface area contributed by atoms with Crippen molar-refractivity contribution in [3.63, 3.8) is 0 Å². The van der Waals surface area contributed by atoms with Gasteiger partial charge in [0, 0.05) is 12.0 Å². The van der Waals surface area contributed by atoms with Crippen LogP contribution in [0.25, 0.3) is 0 Å². The summed E-state index contributed by atoms with van der Waals surface area (Å²) in [4.78, 5) is 11.7. The molecule has 0 aliphatic heterocycles. The summed E-state index contributed by atoms with van der Waals surface area (Å²) in [6, 6.07) is 4.45. The van der Waals surface area contributed by atoms with Gasteiger partial charge in [-0.1, -0.05) is 32.6 Å². The lowest BCUT2D eigenvalue weighted by atomic mass is 9.92. The molecule has 3 nitrogen and oxygen atoms in total. The minimum Gasteiger partial charge on any atom is -0.324 e. The Morgan fingerprint density at radius 1 is 1.42 bits per heavy atom. The van der Waals surface area contributed by atoms with Crippen LogP contribution in [0.1, 0.15) is 32.8 Å². The second-order valence-corrected chi connectivity index (χ2v) is 5.49. The van der Waals surface area contributed by atoms with Gasteiger partial charge in [0.25, 0.3) is 0 Å². The van der Waals surface area contributed by atoms with E-state index in [0.29, 0.717) is 12.0 Å². The molecule has 0 aromatic heterocycles. The molecule has 0 aliphatic rings. The number of amides is 1. The Balaban J connectivity index is 2.78. The van der Waals surface area contributed by atoms with Crippen molar-refractivity contribution < 1.29 is 9.18 Å². The SMILES string of the molecule is CC(C)(C)CC(=O)Nc1ccc(C#CCN)cc1F. The average molecular weight is 262 g/mol. The Morgan fingerprint density at radius 2 is 2.11 bits per heavy atom. The molecule has 0 unspecified atom stereocenters. The summed E-state index contributed by atoms with van der Waals surface area (Å²) >= 11 is 0. The second kappa shape index (κ2) is 6.35. The molecule has 0 radical (unpaired) electrons. The van der Waals surface area contributed by atoms with Gasteiger partial charge in [0.2, 0.25) is 5.91 Å². The van der Waals surface area contributed by atoms with Crippen molar-refractivity contribution in [2.24, 2.45) is 11.1 Å². The first-order chi connectivity index (χ1) is 8.81. The van der Waals surface area contributed by atoms with E-state index in [1.165, 1.54) is 12.1 Å². The largest absolute Gasteiger partial charge is 0.324 e. The van der Waals surface area contributed by atoms with Gasteiger partial charge in [-0.15, -0.1) is 0 Å². The highest BCUT2D eigenvalue weighted by Gasteiger charge is 2.16. The molecule has 0 saturated heterocycles. The van der Waals surface area contributed by atoms with E-state index in [1.807, 2.05) is 20.8 Å². The van der Waals surface area contributed by atoms with Gasteiger partial charge >= 0.3 is 0 Å². The summed E-state index contributed by atoms with van der Waals surface area (Å²) in [7, 11) is 0. The standard InChI is InChI=1S/C15H19FN2O/c1-15(2,3)10-14(19)18-13-7-6-11(5-4-8-17)9-12(13)16/h6-7,9H,8,10,17H2,1-3H3,(H,18,19). The van der Waals surface area contributed by atoms with Gasteiger partial charge in [-0.3, -0.25) is 4.79 Å². The van der Waals surface area contributed by atoms with Gasteiger partial charge in [0.15, 0.2) is 0 Å². The van der Waals surface area contributed by atoms with E-state index >= 15 is 0 Å². The number of carbonyl (C=O) groups is 1. The predicted octanol–water partition coefficient (Wildman–Crippen LogP) is 2.51. The van der Waals surface area contributed by atoms with E-state index in [0.717, 1.165) is 0 Å². The monoisotopic (exact) mass is 262 g/mol. The third kappa shape index (κ3) is 5.54. The molecule has 1 aromatic carbocycles. The minimum atomic E-state index is -0.494. The first-order valence-electron chi connectivity index (χ1n) is 6.10. The number of anilines is 1. The number of halogens is 1. The Kier molecular flexibility index (Phi) is 5.08. The van der Waals surface area contributed by atoms with Gasteiger partial charge in [0.05, 0.1) is 12.2 Å². The van der Waals surface area contributed by atoms with Gasteiger partial charge in [0.1, 0.15) is 5.82 Å². The van der Waals surface area contributed by atoms with Crippen molar-refractivity contribution >= 4 is 11.6 Å². The lowest BCUT2D eigenvalue weighted by molar-refractivity contribution is -0.117. The highest BCUT2D eigenvalue weighted by atomic mass is 19.1. The first-order valence-corrected chi connectivity index (χ1v) is 6.10. The average Bonchev–Trinajstić information content (AvgIpc) is 2.27. The van der Waals surface area contributed by atoms with Crippen LogP contribution in [0.5, 0.6) is 0 Å². The van der Waals surface area contributed by atoms with Gasteiger partial charge in [-0.05, 0) is 23.6 Å². The summed E-state index contributed by atoms with van der Waals surface area (Å²) < 4.78 is 13.8. The van der Waals surface area contributed by atoms with Crippen LogP contribution in [0.3, 0.4) is 0 Å². The number of carbonyl (C=O) groups excluding carboxylic acids is 1. The Bertz CT molecular complexity index is 521. The molecule has 0 bridgehead atoms. The number of nitrogens with two attached hydrogens (primary N) is 1. The summed E-state index contributed by atoms with van der Waals surface area (Å²) in [6.07, 6.45) is 0.334. The van der Waals surface area contributed by atoms with E-state index in [2.05, 4.69) is 17.2 Å². The Hall–Kier alpha value is -1.86. The van der Waals surface area contributed by atoms with Crippen LogP contribution in [0.15, 0.2) is 18.2 Å². The molecule has 0 saturated carbocycles. The molecule has 1 amide bonds. The number of rotatable bonds is 2. The lowest BCUT2D eigenvalue weighted by Gasteiger charge is -2.17. The van der Waals surface area contributed by atoms with Crippen molar-refractivity contribution in [3.8, 4) is 11.8 Å². The van der Waals surface area contributed by atoms with Crippen molar-refractivity contribution in [2.75, 3.05) is 11.9 Å². The molecule has 1 aromatic rings. The summed E-state index contributed by atoms with van der Waals surface area (Å²) in [5.74, 6) is 4.69. The summed E-state index contributed by atoms with van der Waals surface area (Å²) in [5.41, 5.74) is 5.83. The molecule has 0 atom stereocenters. The fraction of sp³-hybridized carbons (Fsp3) is 0.400. The number of benzene rings is 1. The zero-order chi connectivity index (χ0) is 14.5. The summed E-state index contributed by atoms with van der Waals surface area (Å²) in [6.45, 7) is 6.09. The Morgan fingerprint density at radius 3 is 2.63 bits per heavy atom. The number of nitrogens with one attached hydrogen (secondary N) is 1. The van der Waals surface area contributed by atoms with Crippen LogP contribution < -0.4 is 11.1 Å². The molecule has 0 heterocycles. The molecule has 19 heavy (non-hydrogen) atoms. The minimum absolute atomic E-state index is 0.132. The van der Waals surface area contributed by atoms with Crippen molar-refractivity contribution in [2.45, 2.75) is 27.2 Å². The van der Waals surface area contributed by atoms with Crippen molar-refractivity contribution in [1.29, 1.82) is 0 Å². The van der Waals surface area contributed by atoms with E-state index in [9.17, 15) is 9.18 Å². The molecule has 3 N–H and O–H groups in total. The molecule has 0 spiro atoms. The van der Waals surface area contributed by atoms with Crippen LogP contribution in [0.4, 0.5) is 10.1 Å². The molecule has 102 valence electrons. The van der Waals surface area contributed by atoms with Crippen LogP contribution in [0.2, 0.25) is 0 Å². The third-order valence-electron chi connectivity index (χ3n) is 2.27. The van der Waals surface area contributed by atoms with E-state index in [1.54, 1.807) is 6.07 Å². The fourth-order valence-corrected chi connectivity index (χ4v) is 1.52. The molecule has 0 fully saturated rings. The van der Waals surface area contributed by atoms with Crippen LogP contribution in [-0.4, -0.2) is 12.5 Å². The van der Waals surface area contributed by atoms with E-state index < -0.39 is 5.82 Å². The zero-order valence-corrected chi connectivity index (χ0v) is 11.5. The molecule has 0 aliphatic carbocycles. The third-order valence-corrected chi connectivity index (χ3v) is 2.27. The predicted molar refractivity (Wildman–Crippen MR) is 75.0 cm³/mol. The normalized spacial score (nSPS) is 10.6. The highest BCUT2D eigenvalue weighted by molar-refractivity contribution is 5.91. The molecule has 1 rings (SSSR count). The maximum atomic E-state index is 13.8. The summed E-state index contributed by atoms with van der Waals surface area (Å²) in [5, 5.41) is 2.56. The van der Waals surface area contributed by atoms with E-state index in [-0.39, 0.29) is 23.6 Å². The van der Waals surface area contributed by atoms with Crippen molar-refractivity contribution in [1.82, 2.24) is 0 Å². The van der Waals surface area contributed by atoms with Crippen LogP contribution >= 0.6 is 0 Å². The van der Waals surface area contributed by atoms with E-state index in [4.69, 9.17) is 5.73 Å². The topological polar surface area (TPSA) is 55.1 Å². The zero-order valence-electron chi connectivity index (χ0n) is 11.5. The number of hydrogen-bond acceptors (Lipinski definition) is 2. The van der Waals surface area contributed by atoms with Gasteiger partial charge in [-0.25, -0.2) is 4.39 Å². The lowest BCUT2D eigenvalue weighted by Crippen LogP contribution is -2.20. The quantitative estimate of drug-likeness (QED) is 0.805. The maximum Gasteiger partial charge on any atom is 0.224 e. The molecule has 4 heteroatoms.